The number of nitrogens with zero attached hydrogens (tertiary/aromatic N) is 3. The minimum atomic E-state index is -0.815. The summed E-state index contributed by atoms with van der Waals surface area (Å²) in [7, 11) is 1.78. The second-order valence-corrected chi connectivity index (χ2v) is 7.44. The van der Waals surface area contributed by atoms with Gasteiger partial charge in [0.2, 0.25) is 11.7 Å². The summed E-state index contributed by atoms with van der Waals surface area (Å²) in [6, 6.07) is 8.05. The van der Waals surface area contributed by atoms with E-state index in [1.807, 2.05) is 41.2 Å². The maximum atomic E-state index is 9.29. The van der Waals surface area contributed by atoms with Gasteiger partial charge in [0.05, 0.1) is 17.7 Å². The maximum Gasteiger partial charge on any atom is 0.220 e. The first-order valence-electron chi connectivity index (χ1n) is 8.13. The lowest BCUT2D eigenvalue weighted by Crippen LogP contribution is -2.46. The first-order valence-corrected chi connectivity index (χ1v) is 9.01. The maximum absolute atomic E-state index is 9.29. The van der Waals surface area contributed by atoms with E-state index in [-0.39, 0.29) is 11.5 Å². The van der Waals surface area contributed by atoms with Crippen LogP contribution in [0.1, 0.15) is 42.4 Å². The van der Waals surface area contributed by atoms with Crippen molar-refractivity contribution < 1.29 is 7.90 Å². The molecular formula is C17H19IN4O2. The quantitative estimate of drug-likeness (QED) is 0.682. The number of hydroxylamine groups is 2. The van der Waals surface area contributed by atoms with Crippen LogP contribution in [0.2, 0.25) is 0 Å². The second-order valence-electron chi connectivity index (χ2n) is 6.93. The number of fused-ring (bicyclic) bond motifs is 3. The molecule has 6 nitrogen and oxygen atoms in total. The van der Waals surface area contributed by atoms with Crippen molar-refractivity contribution in [3.8, 4) is 6.07 Å². The molecule has 2 aliphatic carbocycles. The van der Waals surface area contributed by atoms with E-state index in [0.29, 0.717) is 11.5 Å². The minimum Gasteiger partial charge on any atom is -0.368 e. The molecule has 1 heterocycles. The fourth-order valence-electron chi connectivity index (χ4n) is 4.46. The highest BCUT2D eigenvalue weighted by Gasteiger charge is 2.63. The summed E-state index contributed by atoms with van der Waals surface area (Å²) in [6.07, 6.45) is 5.06. The van der Waals surface area contributed by atoms with Gasteiger partial charge in [-0.15, -0.1) is 0 Å². The first-order chi connectivity index (χ1) is 11.5. The van der Waals surface area contributed by atoms with Crippen LogP contribution in [0, 0.1) is 16.7 Å². The summed E-state index contributed by atoms with van der Waals surface area (Å²) >= 11 is 1.99. The van der Waals surface area contributed by atoms with Crippen LogP contribution in [0.25, 0.3) is 0 Å². The molecule has 1 aliphatic heterocycles. The number of nitrogens with two attached hydrogens (primary N) is 1. The smallest absolute Gasteiger partial charge is 0.220 e. The Bertz CT molecular complexity index is 751. The molecule has 3 aliphatic rings. The van der Waals surface area contributed by atoms with Gasteiger partial charge in [-0.3, -0.25) is 0 Å². The number of benzene rings is 1. The molecule has 0 amide bonds. The lowest BCUT2D eigenvalue weighted by molar-refractivity contribution is -0.230. The van der Waals surface area contributed by atoms with Crippen LogP contribution < -0.4 is 5.73 Å². The SMILES string of the molecule is CN1OC2(N=C1N)c1cc(C#N)ccc1C[C@]21CC[C@@H](OI)CC1. The molecule has 4 rings (SSSR count). The molecular weight excluding hydrogens is 419 g/mol. The molecule has 1 aromatic rings. The highest BCUT2D eigenvalue weighted by molar-refractivity contribution is 14.1. The van der Waals surface area contributed by atoms with Crippen molar-refractivity contribution in [2.45, 2.75) is 43.9 Å². The highest BCUT2D eigenvalue weighted by Crippen LogP contribution is 2.62. The van der Waals surface area contributed by atoms with Gasteiger partial charge < -0.3 is 8.80 Å². The van der Waals surface area contributed by atoms with Gasteiger partial charge in [0.1, 0.15) is 23.0 Å². The molecule has 1 unspecified atom stereocenters. The standard InChI is InChI=1S/C17H19IN4O2/c1-22-15(20)21-17(24-22)14-8-11(10-19)2-3-12(14)9-16(17)6-4-13(23-18)5-7-16/h2-3,8,13H,4-7,9H2,1H3,(H2,20,21)/t13-,16-,17?. The minimum absolute atomic E-state index is 0.134. The molecule has 7 heteroatoms. The molecule has 2 N–H and O–H groups in total. The lowest BCUT2D eigenvalue weighted by atomic mass is 9.67. The third-order valence-electron chi connectivity index (χ3n) is 5.73. The molecule has 1 saturated carbocycles. The number of hydrogen-bond acceptors (Lipinski definition) is 6. The van der Waals surface area contributed by atoms with E-state index in [1.165, 1.54) is 5.56 Å². The van der Waals surface area contributed by atoms with Crippen LogP contribution in [-0.4, -0.2) is 24.2 Å². The van der Waals surface area contributed by atoms with Crippen molar-refractivity contribution in [2.75, 3.05) is 7.05 Å². The summed E-state index contributed by atoms with van der Waals surface area (Å²) in [4.78, 5) is 11.1. The van der Waals surface area contributed by atoms with Crippen LogP contribution in [0.5, 0.6) is 0 Å². The molecule has 1 atom stereocenters. The van der Waals surface area contributed by atoms with E-state index in [1.54, 1.807) is 12.1 Å². The van der Waals surface area contributed by atoms with Crippen molar-refractivity contribution in [3.63, 3.8) is 0 Å². The number of rotatable bonds is 1. The molecule has 126 valence electrons. The predicted octanol–water partition coefficient (Wildman–Crippen LogP) is 2.75. The summed E-state index contributed by atoms with van der Waals surface area (Å²) in [5.74, 6) is 0.386. The Kier molecular flexibility index (Phi) is 3.74. The van der Waals surface area contributed by atoms with Gasteiger partial charge >= 0.3 is 0 Å². The van der Waals surface area contributed by atoms with Crippen molar-refractivity contribution >= 4 is 29.0 Å². The number of aliphatic imine (C=N–C) groups is 1. The Labute approximate surface area is 155 Å². The van der Waals surface area contributed by atoms with Gasteiger partial charge in [0.15, 0.2) is 0 Å². The monoisotopic (exact) mass is 438 g/mol. The summed E-state index contributed by atoms with van der Waals surface area (Å²) in [5, 5.41) is 10.8. The van der Waals surface area contributed by atoms with E-state index in [0.717, 1.165) is 37.7 Å². The topological polar surface area (TPSA) is 83.9 Å². The zero-order chi connectivity index (χ0) is 16.9. The molecule has 1 fully saturated rings. The van der Waals surface area contributed by atoms with Gasteiger partial charge in [-0.05, 0) is 49.8 Å². The van der Waals surface area contributed by atoms with Crippen LogP contribution in [0.15, 0.2) is 23.2 Å². The Balaban J connectivity index is 1.84. The molecule has 0 radical (unpaired) electrons. The zero-order valence-corrected chi connectivity index (χ0v) is 15.6. The fraction of sp³-hybridized carbons (Fsp3) is 0.529. The van der Waals surface area contributed by atoms with Crippen molar-refractivity contribution in [2.24, 2.45) is 16.1 Å². The van der Waals surface area contributed by atoms with Crippen molar-refractivity contribution in [1.82, 2.24) is 5.06 Å². The Hall–Kier alpha value is -1.37. The van der Waals surface area contributed by atoms with Crippen molar-refractivity contribution in [1.29, 1.82) is 5.26 Å². The van der Waals surface area contributed by atoms with E-state index in [4.69, 9.17) is 18.6 Å². The van der Waals surface area contributed by atoms with Crippen LogP contribution >= 0.6 is 23.0 Å². The molecule has 0 aromatic heterocycles. The lowest BCUT2D eigenvalue weighted by Gasteiger charge is -2.44. The molecule has 0 saturated heterocycles. The molecule has 2 spiro atoms. The van der Waals surface area contributed by atoms with E-state index >= 15 is 0 Å². The summed E-state index contributed by atoms with van der Waals surface area (Å²) in [5.41, 5.74) is 7.93. The Morgan fingerprint density at radius 3 is 2.79 bits per heavy atom. The first kappa shape index (κ1) is 16.1. The van der Waals surface area contributed by atoms with Crippen LogP contribution in [0.3, 0.4) is 0 Å². The fourth-order valence-corrected chi connectivity index (χ4v) is 4.96. The summed E-state index contributed by atoms with van der Waals surface area (Å²) in [6.45, 7) is 0. The second kappa shape index (κ2) is 5.58. The number of nitriles is 1. The molecule has 1 aromatic carbocycles. The van der Waals surface area contributed by atoms with Crippen LogP contribution in [0.4, 0.5) is 0 Å². The Morgan fingerprint density at radius 2 is 2.21 bits per heavy atom. The Morgan fingerprint density at radius 1 is 1.46 bits per heavy atom. The molecule has 0 bridgehead atoms. The molecule has 24 heavy (non-hydrogen) atoms. The predicted molar refractivity (Wildman–Crippen MR) is 96.8 cm³/mol. The normalized spacial score (nSPS) is 34.5. The number of guanidine groups is 1. The van der Waals surface area contributed by atoms with Crippen LogP contribution in [-0.2, 0) is 20.0 Å². The number of halogens is 1. The van der Waals surface area contributed by atoms with Gasteiger partial charge in [0, 0.05) is 18.0 Å². The van der Waals surface area contributed by atoms with Gasteiger partial charge in [-0.1, -0.05) is 6.07 Å². The third kappa shape index (κ3) is 2.09. The average molecular weight is 438 g/mol. The third-order valence-corrected chi connectivity index (χ3v) is 6.45. The zero-order valence-electron chi connectivity index (χ0n) is 13.5. The highest BCUT2D eigenvalue weighted by atomic mass is 127. The average Bonchev–Trinajstić information content (AvgIpc) is 3.04. The van der Waals surface area contributed by atoms with Gasteiger partial charge in [-0.2, -0.15) is 5.26 Å². The van der Waals surface area contributed by atoms with E-state index in [9.17, 15) is 5.26 Å². The van der Waals surface area contributed by atoms with Gasteiger partial charge in [0.25, 0.3) is 0 Å². The van der Waals surface area contributed by atoms with Crippen molar-refractivity contribution in [3.05, 3.63) is 34.9 Å². The van der Waals surface area contributed by atoms with E-state index in [2.05, 4.69) is 6.07 Å². The number of hydrogen-bond donors (Lipinski definition) is 1. The summed E-state index contributed by atoms with van der Waals surface area (Å²) < 4.78 is 5.52. The van der Waals surface area contributed by atoms with Gasteiger partial charge in [-0.25, -0.2) is 14.9 Å². The van der Waals surface area contributed by atoms with E-state index < -0.39 is 5.72 Å². The largest absolute Gasteiger partial charge is 0.368 e.